The minimum atomic E-state index is 0.611. The van der Waals surface area contributed by atoms with Crippen LogP contribution in [0.15, 0.2) is 23.0 Å². The lowest BCUT2D eigenvalue weighted by molar-refractivity contribution is 0.313. The lowest BCUT2D eigenvalue weighted by Crippen LogP contribution is -2.16. The van der Waals surface area contributed by atoms with E-state index < -0.39 is 0 Å². The first-order valence-corrected chi connectivity index (χ1v) is 6.44. The maximum absolute atomic E-state index is 5.84. The van der Waals surface area contributed by atoms with Gasteiger partial charge in [-0.15, -0.1) is 0 Å². The van der Waals surface area contributed by atoms with E-state index in [1.807, 2.05) is 20.0 Å². The van der Waals surface area contributed by atoms with Crippen molar-refractivity contribution in [2.75, 3.05) is 20.2 Å². The molecule has 0 aliphatic heterocycles. The predicted molar refractivity (Wildman–Crippen MR) is 73.3 cm³/mol. The van der Waals surface area contributed by atoms with Crippen LogP contribution in [0.5, 0.6) is 5.75 Å². The summed E-state index contributed by atoms with van der Waals surface area (Å²) in [6.07, 6.45) is 2.25. The topological polar surface area (TPSA) is 60.2 Å². The zero-order valence-electron chi connectivity index (χ0n) is 11.6. The Morgan fingerprint density at radius 1 is 1.37 bits per heavy atom. The van der Waals surface area contributed by atoms with E-state index >= 15 is 0 Å². The van der Waals surface area contributed by atoms with E-state index in [4.69, 9.17) is 9.26 Å². The minimum Gasteiger partial charge on any atom is -0.492 e. The molecule has 2 aromatic rings. The number of rotatable bonds is 6. The molecule has 0 radical (unpaired) electrons. The van der Waals surface area contributed by atoms with E-state index in [9.17, 15) is 0 Å². The average molecular weight is 261 g/mol. The third kappa shape index (κ3) is 3.12. The van der Waals surface area contributed by atoms with Gasteiger partial charge in [-0.05, 0) is 43.7 Å². The van der Waals surface area contributed by atoms with Gasteiger partial charge in [-0.1, -0.05) is 12.1 Å². The molecule has 1 N–H and O–H groups in total. The Kier molecular flexibility index (Phi) is 4.52. The maximum atomic E-state index is 5.84. The molecule has 0 bridgehead atoms. The van der Waals surface area contributed by atoms with Crippen molar-refractivity contribution in [1.29, 1.82) is 0 Å². The zero-order valence-corrected chi connectivity index (χ0v) is 11.6. The van der Waals surface area contributed by atoms with Crippen molar-refractivity contribution in [2.24, 2.45) is 0 Å². The van der Waals surface area contributed by atoms with E-state index in [1.165, 1.54) is 6.39 Å². The van der Waals surface area contributed by atoms with Gasteiger partial charge in [0.05, 0.1) is 0 Å². The molecule has 2 rings (SSSR count). The molecule has 102 valence electrons. The summed E-state index contributed by atoms with van der Waals surface area (Å²) >= 11 is 0. The number of hydrogen-bond acceptors (Lipinski definition) is 5. The second-order valence-electron chi connectivity index (χ2n) is 4.34. The zero-order chi connectivity index (χ0) is 13.7. The summed E-state index contributed by atoms with van der Waals surface area (Å²) in [7, 11) is 1.91. The first kappa shape index (κ1) is 13.5. The number of aryl methyl sites for hydroxylation is 2. The number of benzene rings is 1. The number of nitrogens with one attached hydrogen (secondary N) is 1. The smallest absolute Gasteiger partial charge is 0.214 e. The largest absolute Gasteiger partial charge is 0.492 e. The third-order valence-electron chi connectivity index (χ3n) is 2.95. The van der Waals surface area contributed by atoms with E-state index in [2.05, 4.69) is 28.4 Å². The van der Waals surface area contributed by atoms with Gasteiger partial charge >= 0.3 is 0 Å². The highest BCUT2D eigenvalue weighted by atomic mass is 16.5. The van der Waals surface area contributed by atoms with E-state index in [1.54, 1.807) is 0 Å². The molecule has 0 fully saturated rings. The fraction of sp³-hybridized carbons (Fsp3) is 0.429. The van der Waals surface area contributed by atoms with Gasteiger partial charge in [0.15, 0.2) is 0 Å². The maximum Gasteiger partial charge on any atom is 0.214 e. The molecule has 19 heavy (non-hydrogen) atoms. The molecular formula is C14H19N3O2. The van der Waals surface area contributed by atoms with E-state index in [0.717, 1.165) is 35.4 Å². The van der Waals surface area contributed by atoms with Gasteiger partial charge in [0.25, 0.3) is 0 Å². The summed E-state index contributed by atoms with van der Waals surface area (Å²) in [5.74, 6) is 1.57. The standard InChI is InChI=1S/C14H19N3O2/c1-4-11-8-12(14-16-9-19-17-14)7-10(2)13(11)18-6-5-15-3/h7-9,15H,4-6H2,1-3H3. The summed E-state index contributed by atoms with van der Waals surface area (Å²) in [5, 5.41) is 6.94. The Morgan fingerprint density at radius 2 is 2.21 bits per heavy atom. The fourth-order valence-corrected chi connectivity index (χ4v) is 2.00. The molecule has 1 aromatic carbocycles. The summed E-state index contributed by atoms with van der Waals surface area (Å²) in [4.78, 5) is 4.08. The molecule has 0 aliphatic carbocycles. The third-order valence-corrected chi connectivity index (χ3v) is 2.95. The molecule has 0 saturated heterocycles. The van der Waals surface area contributed by atoms with Crippen LogP contribution in [0.1, 0.15) is 18.1 Å². The van der Waals surface area contributed by atoms with Gasteiger partial charge in [-0.25, -0.2) is 0 Å². The first-order chi connectivity index (χ1) is 9.26. The number of nitrogens with zero attached hydrogens (tertiary/aromatic N) is 2. The van der Waals surface area contributed by atoms with Crippen molar-refractivity contribution in [3.63, 3.8) is 0 Å². The van der Waals surface area contributed by atoms with Gasteiger partial charge in [0.1, 0.15) is 12.4 Å². The van der Waals surface area contributed by atoms with Crippen LogP contribution in [0, 0.1) is 6.92 Å². The van der Waals surface area contributed by atoms with E-state index in [-0.39, 0.29) is 0 Å². The highest BCUT2D eigenvalue weighted by Crippen LogP contribution is 2.29. The highest BCUT2D eigenvalue weighted by molar-refractivity contribution is 5.61. The van der Waals surface area contributed by atoms with Crippen molar-refractivity contribution in [3.05, 3.63) is 29.7 Å². The molecule has 0 spiro atoms. The van der Waals surface area contributed by atoms with Gasteiger partial charge < -0.3 is 14.6 Å². The van der Waals surface area contributed by atoms with Crippen molar-refractivity contribution >= 4 is 0 Å². The number of aromatic nitrogens is 2. The Bertz CT molecular complexity index is 524. The van der Waals surface area contributed by atoms with Gasteiger partial charge in [0, 0.05) is 12.1 Å². The second kappa shape index (κ2) is 6.33. The summed E-state index contributed by atoms with van der Waals surface area (Å²) < 4.78 is 10.6. The van der Waals surface area contributed by atoms with E-state index in [0.29, 0.717) is 12.4 Å². The fourth-order valence-electron chi connectivity index (χ4n) is 2.00. The molecule has 0 aliphatic rings. The normalized spacial score (nSPS) is 10.7. The van der Waals surface area contributed by atoms with Crippen LogP contribution in [-0.2, 0) is 6.42 Å². The van der Waals surface area contributed by atoms with Crippen molar-refractivity contribution in [3.8, 4) is 17.1 Å². The predicted octanol–water partition coefficient (Wildman–Crippen LogP) is 2.21. The quantitative estimate of drug-likeness (QED) is 0.808. The van der Waals surface area contributed by atoms with Crippen LogP contribution in [-0.4, -0.2) is 30.3 Å². The first-order valence-electron chi connectivity index (χ1n) is 6.44. The molecule has 0 saturated carbocycles. The molecule has 1 aromatic heterocycles. The molecule has 0 atom stereocenters. The molecule has 0 unspecified atom stereocenters. The molecule has 5 nitrogen and oxygen atoms in total. The lowest BCUT2D eigenvalue weighted by Gasteiger charge is -2.14. The van der Waals surface area contributed by atoms with Crippen molar-refractivity contribution in [2.45, 2.75) is 20.3 Å². The molecule has 1 heterocycles. The van der Waals surface area contributed by atoms with Crippen LogP contribution in [0.2, 0.25) is 0 Å². The lowest BCUT2D eigenvalue weighted by atomic mass is 10.0. The Balaban J connectivity index is 2.30. The summed E-state index contributed by atoms with van der Waals surface area (Å²) in [6.45, 7) is 5.64. The number of likely N-dealkylation sites (N-methyl/N-ethyl adjacent to an activating group) is 1. The monoisotopic (exact) mass is 261 g/mol. The van der Waals surface area contributed by atoms with Crippen LogP contribution < -0.4 is 10.1 Å². The summed E-state index contributed by atoms with van der Waals surface area (Å²) in [6, 6.07) is 4.09. The Hall–Kier alpha value is -1.88. The van der Waals surface area contributed by atoms with Crippen LogP contribution in [0.25, 0.3) is 11.4 Å². The van der Waals surface area contributed by atoms with Crippen LogP contribution >= 0.6 is 0 Å². The van der Waals surface area contributed by atoms with Crippen LogP contribution in [0.3, 0.4) is 0 Å². The minimum absolute atomic E-state index is 0.611. The van der Waals surface area contributed by atoms with Gasteiger partial charge in [-0.2, -0.15) is 4.98 Å². The Morgan fingerprint density at radius 3 is 2.84 bits per heavy atom. The molecular weight excluding hydrogens is 242 g/mol. The summed E-state index contributed by atoms with van der Waals surface area (Å²) in [5.41, 5.74) is 3.22. The second-order valence-corrected chi connectivity index (χ2v) is 4.34. The van der Waals surface area contributed by atoms with Gasteiger partial charge in [-0.3, -0.25) is 0 Å². The van der Waals surface area contributed by atoms with Crippen LogP contribution in [0.4, 0.5) is 0 Å². The SMILES string of the molecule is CCc1cc(-c2ncon2)cc(C)c1OCCNC. The average Bonchev–Trinajstić information content (AvgIpc) is 2.94. The van der Waals surface area contributed by atoms with Gasteiger partial charge in [0.2, 0.25) is 12.2 Å². The van der Waals surface area contributed by atoms with Crippen molar-refractivity contribution < 1.29 is 9.26 Å². The molecule has 5 heteroatoms. The number of hydrogen-bond donors (Lipinski definition) is 1. The van der Waals surface area contributed by atoms with Crippen molar-refractivity contribution in [1.82, 2.24) is 15.5 Å². The Labute approximate surface area is 113 Å². The molecule has 0 amide bonds. The highest BCUT2D eigenvalue weighted by Gasteiger charge is 2.11. The number of ether oxygens (including phenoxy) is 1.